The van der Waals surface area contributed by atoms with Gasteiger partial charge in [-0.3, -0.25) is 9.59 Å². The molecule has 2 aromatic rings. The van der Waals surface area contributed by atoms with E-state index in [9.17, 15) is 18.0 Å². The zero-order valence-electron chi connectivity index (χ0n) is 15.2. The fourth-order valence-corrected chi connectivity index (χ4v) is 4.55. The average molecular weight is 410 g/mol. The van der Waals surface area contributed by atoms with Crippen LogP contribution < -0.4 is 15.4 Å². The highest BCUT2D eigenvalue weighted by Gasteiger charge is 2.16. The Morgan fingerprint density at radius 2 is 1.70 bits per heavy atom. The SMILES string of the molecule is CCC(=O)Nc1ccc(C(=O)NCCNS(=O)(=O)c2ccc(CC)s2)cc1. The highest BCUT2D eigenvalue weighted by Crippen LogP contribution is 2.21. The summed E-state index contributed by atoms with van der Waals surface area (Å²) in [5, 5.41) is 5.36. The Morgan fingerprint density at radius 1 is 1.00 bits per heavy atom. The molecule has 2 amide bonds. The lowest BCUT2D eigenvalue weighted by Gasteiger charge is -2.08. The van der Waals surface area contributed by atoms with Crippen molar-refractivity contribution in [1.29, 1.82) is 0 Å². The fraction of sp³-hybridized carbons (Fsp3) is 0.333. The number of amides is 2. The third-order valence-corrected chi connectivity index (χ3v) is 6.89. The van der Waals surface area contributed by atoms with Crippen LogP contribution in [0.2, 0.25) is 0 Å². The molecule has 0 aliphatic rings. The molecule has 0 saturated heterocycles. The molecular weight excluding hydrogens is 386 g/mol. The van der Waals surface area contributed by atoms with Crippen molar-refractivity contribution in [3.63, 3.8) is 0 Å². The summed E-state index contributed by atoms with van der Waals surface area (Å²) in [6.07, 6.45) is 1.17. The monoisotopic (exact) mass is 409 g/mol. The van der Waals surface area contributed by atoms with Crippen LogP contribution in [0.15, 0.2) is 40.6 Å². The Kier molecular flexibility index (Phi) is 7.52. The van der Waals surface area contributed by atoms with E-state index in [0.29, 0.717) is 17.7 Å². The van der Waals surface area contributed by atoms with Crippen molar-refractivity contribution in [2.45, 2.75) is 30.9 Å². The van der Waals surface area contributed by atoms with Crippen LogP contribution in [-0.4, -0.2) is 33.3 Å². The number of sulfonamides is 1. The molecule has 0 aliphatic heterocycles. The van der Waals surface area contributed by atoms with Gasteiger partial charge >= 0.3 is 0 Å². The third-order valence-electron chi connectivity index (χ3n) is 3.70. The molecule has 27 heavy (non-hydrogen) atoms. The molecule has 0 unspecified atom stereocenters. The van der Waals surface area contributed by atoms with E-state index in [1.165, 1.54) is 11.3 Å². The Morgan fingerprint density at radius 3 is 2.30 bits per heavy atom. The molecule has 7 nitrogen and oxygen atoms in total. The van der Waals surface area contributed by atoms with Crippen molar-refractivity contribution in [1.82, 2.24) is 10.0 Å². The van der Waals surface area contributed by atoms with Crippen LogP contribution in [0.25, 0.3) is 0 Å². The zero-order chi connectivity index (χ0) is 19.9. The second-order valence-electron chi connectivity index (χ2n) is 5.71. The third kappa shape index (κ3) is 6.16. The number of anilines is 1. The molecule has 0 aliphatic carbocycles. The smallest absolute Gasteiger partial charge is 0.251 e. The summed E-state index contributed by atoms with van der Waals surface area (Å²) < 4.78 is 27.1. The first kappa shape index (κ1) is 21.1. The second kappa shape index (κ2) is 9.63. The Labute approximate surface area is 163 Å². The number of hydrogen-bond donors (Lipinski definition) is 3. The van der Waals surface area contributed by atoms with E-state index in [1.54, 1.807) is 43.3 Å². The molecule has 0 atom stereocenters. The first-order valence-corrected chi connectivity index (χ1v) is 10.9. The number of aryl methyl sites for hydroxylation is 1. The Hall–Kier alpha value is -2.23. The maximum absolute atomic E-state index is 12.2. The quantitative estimate of drug-likeness (QED) is 0.553. The fourth-order valence-electron chi connectivity index (χ4n) is 2.18. The summed E-state index contributed by atoms with van der Waals surface area (Å²) in [4.78, 5) is 24.4. The molecule has 0 saturated carbocycles. The summed E-state index contributed by atoms with van der Waals surface area (Å²) in [5.74, 6) is -0.414. The predicted molar refractivity (Wildman–Crippen MR) is 107 cm³/mol. The minimum atomic E-state index is -3.55. The highest BCUT2D eigenvalue weighted by molar-refractivity contribution is 7.91. The Bertz CT molecular complexity index is 890. The number of thiophene rings is 1. The van der Waals surface area contributed by atoms with E-state index in [4.69, 9.17) is 0 Å². The topological polar surface area (TPSA) is 104 Å². The number of nitrogens with one attached hydrogen (secondary N) is 3. The first-order valence-electron chi connectivity index (χ1n) is 8.62. The highest BCUT2D eigenvalue weighted by atomic mass is 32.2. The lowest BCUT2D eigenvalue weighted by Crippen LogP contribution is -2.34. The van der Waals surface area contributed by atoms with Gasteiger partial charge in [-0.2, -0.15) is 0 Å². The van der Waals surface area contributed by atoms with Crippen molar-refractivity contribution >= 4 is 38.9 Å². The van der Waals surface area contributed by atoms with Crippen molar-refractivity contribution in [3.8, 4) is 0 Å². The lowest BCUT2D eigenvalue weighted by molar-refractivity contribution is -0.115. The summed E-state index contributed by atoms with van der Waals surface area (Å²) in [5.41, 5.74) is 1.05. The maximum Gasteiger partial charge on any atom is 0.251 e. The standard InChI is InChI=1S/C18H23N3O4S2/c1-3-15-9-10-17(26-15)27(24,25)20-12-11-19-18(23)13-5-7-14(8-6-13)21-16(22)4-2/h5-10,20H,3-4,11-12H2,1-2H3,(H,19,23)(H,21,22). The van der Waals surface area contributed by atoms with E-state index >= 15 is 0 Å². The van der Waals surface area contributed by atoms with Gasteiger partial charge in [0.15, 0.2) is 0 Å². The number of rotatable bonds is 9. The van der Waals surface area contributed by atoms with Crippen LogP contribution in [0.3, 0.4) is 0 Å². The normalized spacial score (nSPS) is 11.2. The molecule has 1 aromatic heterocycles. The molecule has 0 spiro atoms. The number of hydrogen-bond acceptors (Lipinski definition) is 5. The van der Waals surface area contributed by atoms with E-state index < -0.39 is 10.0 Å². The number of carbonyl (C=O) groups is 2. The largest absolute Gasteiger partial charge is 0.351 e. The molecular formula is C18H23N3O4S2. The molecule has 0 radical (unpaired) electrons. The molecule has 2 rings (SSSR count). The molecule has 1 aromatic carbocycles. The van der Waals surface area contributed by atoms with Gasteiger partial charge in [-0.25, -0.2) is 13.1 Å². The number of carbonyl (C=O) groups excluding carboxylic acids is 2. The summed E-state index contributed by atoms with van der Waals surface area (Å²) >= 11 is 1.24. The van der Waals surface area contributed by atoms with Gasteiger partial charge < -0.3 is 10.6 Å². The van der Waals surface area contributed by atoms with Gasteiger partial charge in [0.1, 0.15) is 4.21 Å². The van der Waals surface area contributed by atoms with Gasteiger partial charge in [0.25, 0.3) is 5.91 Å². The van der Waals surface area contributed by atoms with Gasteiger partial charge in [0.2, 0.25) is 15.9 Å². The lowest BCUT2D eigenvalue weighted by atomic mass is 10.2. The molecule has 3 N–H and O–H groups in total. The van der Waals surface area contributed by atoms with E-state index in [0.717, 1.165) is 11.3 Å². The molecule has 0 bridgehead atoms. The van der Waals surface area contributed by atoms with Crippen LogP contribution in [0.1, 0.15) is 35.5 Å². The van der Waals surface area contributed by atoms with Crippen LogP contribution in [0.5, 0.6) is 0 Å². The van der Waals surface area contributed by atoms with Gasteiger partial charge in [0.05, 0.1) is 0 Å². The summed E-state index contributed by atoms with van der Waals surface area (Å²) in [6, 6.07) is 9.88. The van der Waals surface area contributed by atoms with Crippen molar-refractivity contribution < 1.29 is 18.0 Å². The number of benzene rings is 1. The van der Waals surface area contributed by atoms with Gasteiger partial charge in [-0.15, -0.1) is 11.3 Å². The van der Waals surface area contributed by atoms with Crippen LogP contribution in [0.4, 0.5) is 5.69 Å². The second-order valence-corrected chi connectivity index (χ2v) is 8.87. The zero-order valence-corrected chi connectivity index (χ0v) is 16.9. The first-order chi connectivity index (χ1) is 12.9. The van der Waals surface area contributed by atoms with Crippen LogP contribution in [-0.2, 0) is 21.2 Å². The summed E-state index contributed by atoms with van der Waals surface area (Å²) in [6.45, 7) is 3.98. The van der Waals surface area contributed by atoms with Crippen molar-refractivity contribution in [3.05, 3.63) is 46.8 Å². The maximum atomic E-state index is 12.2. The average Bonchev–Trinajstić information content (AvgIpc) is 3.16. The minimum absolute atomic E-state index is 0.0953. The van der Waals surface area contributed by atoms with E-state index in [1.807, 2.05) is 6.92 Å². The predicted octanol–water partition coefficient (Wildman–Crippen LogP) is 2.37. The van der Waals surface area contributed by atoms with Crippen LogP contribution in [0, 0.1) is 0 Å². The summed E-state index contributed by atoms with van der Waals surface area (Å²) in [7, 11) is -3.55. The van der Waals surface area contributed by atoms with E-state index in [2.05, 4.69) is 15.4 Å². The molecule has 1 heterocycles. The van der Waals surface area contributed by atoms with Gasteiger partial charge in [-0.1, -0.05) is 13.8 Å². The van der Waals surface area contributed by atoms with Crippen LogP contribution >= 0.6 is 11.3 Å². The Balaban J connectivity index is 1.81. The molecule has 0 fully saturated rings. The van der Waals surface area contributed by atoms with E-state index in [-0.39, 0.29) is 29.1 Å². The van der Waals surface area contributed by atoms with Gasteiger partial charge in [0, 0.05) is 35.6 Å². The van der Waals surface area contributed by atoms with Crippen molar-refractivity contribution in [2.24, 2.45) is 0 Å². The van der Waals surface area contributed by atoms with Crippen molar-refractivity contribution in [2.75, 3.05) is 18.4 Å². The molecule has 9 heteroatoms. The molecule has 146 valence electrons. The van der Waals surface area contributed by atoms with Gasteiger partial charge in [-0.05, 0) is 42.8 Å². The minimum Gasteiger partial charge on any atom is -0.351 e.